The van der Waals surface area contributed by atoms with Gasteiger partial charge < -0.3 is 9.84 Å². The summed E-state index contributed by atoms with van der Waals surface area (Å²) in [6.45, 7) is 0. The first-order valence-electron chi connectivity index (χ1n) is 4.63. The van der Waals surface area contributed by atoms with Gasteiger partial charge in [-0.2, -0.15) is 0 Å². The lowest BCUT2D eigenvalue weighted by molar-refractivity contribution is 0.153. The minimum absolute atomic E-state index is 0.296. The van der Waals surface area contributed by atoms with Crippen molar-refractivity contribution in [1.29, 1.82) is 0 Å². The molecule has 0 heterocycles. The summed E-state index contributed by atoms with van der Waals surface area (Å²) in [6, 6.07) is 7.66. The highest BCUT2D eigenvalue weighted by Crippen LogP contribution is 2.41. The zero-order chi connectivity index (χ0) is 9.26. The zero-order valence-corrected chi connectivity index (χ0v) is 7.73. The van der Waals surface area contributed by atoms with Gasteiger partial charge in [0.2, 0.25) is 0 Å². The first-order chi connectivity index (χ1) is 6.31. The monoisotopic (exact) mass is 178 g/mol. The second kappa shape index (κ2) is 3.38. The van der Waals surface area contributed by atoms with Crippen LogP contribution in [0.15, 0.2) is 24.3 Å². The summed E-state index contributed by atoms with van der Waals surface area (Å²) in [5.74, 6) is 1.30. The molecule has 1 aliphatic rings. The first-order valence-corrected chi connectivity index (χ1v) is 4.63. The van der Waals surface area contributed by atoms with Crippen molar-refractivity contribution in [3.63, 3.8) is 0 Å². The highest BCUT2D eigenvalue weighted by atomic mass is 16.5. The Kier molecular flexibility index (Phi) is 2.23. The SMILES string of the molecule is COc1cccc([C@H](O)C2CC2)c1. The number of aliphatic hydroxyl groups excluding tert-OH is 1. The molecule has 0 radical (unpaired) electrons. The Morgan fingerprint density at radius 3 is 2.85 bits per heavy atom. The van der Waals surface area contributed by atoms with E-state index in [1.54, 1.807) is 7.11 Å². The largest absolute Gasteiger partial charge is 0.497 e. The van der Waals surface area contributed by atoms with Crippen LogP contribution in [-0.4, -0.2) is 12.2 Å². The fraction of sp³-hybridized carbons (Fsp3) is 0.455. The number of rotatable bonds is 3. The average molecular weight is 178 g/mol. The molecule has 1 atom stereocenters. The van der Waals surface area contributed by atoms with E-state index in [9.17, 15) is 5.11 Å². The summed E-state index contributed by atoms with van der Waals surface area (Å²) >= 11 is 0. The molecule has 70 valence electrons. The van der Waals surface area contributed by atoms with E-state index in [0.29, 0.717) is 5.92 Å². The van der Waals surface area contributed by atoms with E-state index in [1.165, 1.54) is 0 Å². The molecule has 1 aliphatic carbocycles. The van der Waals surface area contributed by atoms with Crippen molar-refractivity contribution in [2.45, 2.75) is 18.9 Å². The maximum atomic E-state index is 9.82. The topological polar surface area (TPSA) is 29.5 Å². The van der Waals surface area contributed by atoms with Crippen LogP contribution in [0, 0.1) is 5.92 Å². The molecule has 1 N–H and O–H groups in total. The Balaban J connectivity index is 2.18. The molecule has 0 spiro atoms. The van der Waals surface area contributed by atoms with Crippen molar-refractivity contribution in [1.82, 2.24) is 0 Å². The molecule has 1 saturated carbocycles. The van der Waals surface area contributed by atoms with Gasteiger partial charge in [0.1, 0.15) is 5.75 Å². The van der Waals surface area contributed by atoms with Gasteiger partial charge in [-0.1, -0.05) is 12.1 Å². The predicted octanol–water partition coefficient (Wildman–Crippen LogP) is 2.14. The lowest BCUT2D eigenvalue weighted by Crippen LogP contribution is -1.99. The van der Waals surface area contributed by atoms with Crippen molar-refractivity contribution in [2.24, 2.45) is 5.92 Å². The second-order valence-corrected chi connectivity index (χ2v) is 3.56. The Morgan fingerprint density at radius 1 is 1.46 bits per heavy atom. The van der Waals surface area contributed by atoms with Crippen molar-refractivity contribution in [3.05, 3.63) is 29.8 Å². The average Bonchev–Trinajstić information content (AvgIpc) is 3.00. The number of aliphatic hydroxyl groups is 1. The van der Waals surface area contributed by atoms with E-state index in [-0.39, 0.29) is 6.10 Å². The summed E-state index contributed by atoms with van der Waals surface area (Å²) in [5.41, 5.74) is 0.974. The van der Waals surface area contributed by atoms with Crippen LogP contribution in [0.4, 0.5) is 0 Å². The first kappa shape index (κ1) is 8.57. The van der Waals surface area contributed by atoms with E-state index in [0.717, 1.165) is 24.2 Å². The van der Waals surface area contributed by atoms with Gasteiger partial charge in [0.05, 0.1) is 13.2 Å². The lowest BCUT2D eigenvalue weighted by atomic mass is 10.1. The molecule has 0 bridgehead atoms. The van der Waals surface area contributed by atoms with Crippen molar-refractivity contribution >= 4 is 0 Å². The van der Waals surface area contributed by atoms with Crippen LogP contribution in [0.1, 0.15) is 24.5 Å². The zero-order valence-electron chi connectivity index (χ0n) is 7.73. The van der Waals surface area contributed by atoms with Gasteiger partial charge in [-0.15, -0.1) is 0 Å². The van der Waals surface area contributed by atoms with Crippen LogP contribution < -0.4 is 4.74 Å². The minimum atomic E-state index is -0.296. The molecule has 0 amide bonds. The van der Waals surface area contributed by atoms with Gasteiger partial charge in [-0.3, -0.25) is 0 Å². The molecule has 2 heteroatoms. The van der Waals surface area contributed by atoms with Crippen molar-refractivity contribution in [3.8, 4) is 5.75 Å². The van der Waals surface area contributed by atoms with Crippen LogP contribution >= 0.6 is 0 Å². The molecule has 0 unspecified atom stereocenters. The van der Waals surface area contributed by atoms with Gasteiger partial charge in [-0.25, -0.2) is 0 Å². The Bertz CT molecular complexity index is 292. The summed E-state index contributed by atoms with van der Waals surface area (Å²) in [4.78, 5) is 0. The number of hydrogen-bond donors (Lipinski definition) is 1. The summed E-state index contributed by atoms with van der Waals surface area (Å²) in [5, 5.41) is 9.82. The molecular formula is C11H14O2. The van der Waals surface area contributed by atoms with Crippen molar-refractivity contribution in [2.75, 3.05) is 7.11 Å². The quantitative estimate of drug-likeness (QED) is 0.768. The van der Waals surface area contributed by atoms with Crippen LogP contribution in [-0.2, 0) is 0 Å². The Labute approximate surface area is 78.2 Å². The molecule has 0 aliphatic heterocycles. The molecule has 0 saturated heterocycles. The molecule has 2 rings (SSSR count). The van der Waals surface area contributed by atoms with Crippen LogP contribution in [0.2, 0.25) is 0 Å². The fourth-order valence-corrected chi connectivity index (χ4v) is 1.51. The standard InChI is InChI=1S/C11H14O2/c1-13-10-4-2-3-9(7-10)11(12)8-5-6-8/h2-4,7-8,11-12H,5-6H2,1H3/t11-/m1/s1. The molecule has 1 aromatic rings. The maximum Gasteiger partial charge on any atom is 0.119 e. The second-order valence-electron chi connectivity index (χ2n) is 3.56. The van der Waals surface area contributed by atoms with Crippen LogP contribution in [0.25, 0.3) is 0 Å². The van der Waals surface area contributed by atoms with E-state index >= 15 is 0 Å². The molecule has 13 heavy (non-hydrogen) atoms. The van der Waals surface area contributed by atoms with E-state index < -0.39 is 0 Å². The summed E-state index contributed by atoms with van der Waals surface area (Å²) in [7, 11) is 1.64. The summed E-state index contributed by atoms with van der Waals surface area (Å²) in [6.07, 6.45) is 2.01. The van der Waals surface area contributed by atoms with Gasteiger partial charge >= 0.3 is 0 Å². The Morgan fingerprint density at radius 2 is 2.23 bits per heavy atom. The molecule has 1 aromatic carbocycles. The van der Waals surface area contributed by atoms with Gasteiger partial charge in [-0.05, 0) is 36.5 Å². The van der Waals surface area contributed by atoms with Gasteiger partial charge in [0, 0.05) is 0 Å². The van der Waals surface area contributed by atoms with E-state index in [1.807, 2.05) is 24.3 Å². The summed E-state index contributed by atoms with van der Waals surface area (Å²) < 4.78 is 5.09. The Hall–Kier alpha value is -1.02. The molecule has 1 fully saturated rings. The third kappa shape index (κ3) is 1.83. The highest BCUT2D eigenvalue weighted by molar-refractivity contribution is 5.30. The number of ether oxygens (including phenoxy) is 1. The molecule has 0 aromatic heterocycles. The van der Waals surface area contributed by atoms with E-state index in [2.05, 4.69) is 0 Å². The third-order valence-electron chi connectivity index (χ3n) is 2.50. The third-order valence-corrected chi connectivity index (χ3v) is 2.50. The maximum absolute atomic E-state index is 9.82. The fourth-order valence-electron chi connectivity index (χ4n) is 1.51. The van der Waals surface area contributed by atoms with Gasteiger partial charge in [0.25, 0.3) is 0 Å². The van der Waals surface area contributed by atoms with Crippen LogP contribution in [0.3, 0.4) is 0 Å². The molecular weight excluding hydrogens is 164 g/mol. The minimum Gasteiger partial charge on any atom is -0.497 e. The van der Waals surface area contributed by atoms with Crippen molar-refractivity contribution < 1.29 is 9.84 Å². The number of methoxy groups -OCH3 is 1. The van der Waals surface area contributed by atoms with Crippen LogP contribution in [0.5, 0.6) is 5.75 Å². The van der Waals surface area contributed by atoms with Gasteiger partial charge in [0.15, 0.2) is 0 Å². The number of benzene rings is 1. The number of hydrogen-bond acceptors (Lipinski definition) is 2. The smallest absolute Gasteiger partial charge is 0.119 e. The lowest BCUT2D eigenvalue weighted by Gasteiger charge is -2.10. The molecule has 2 nitrogen and oxygen atoms in total. The normalized spacial score (nSPS) is 18.3. The predicted molar refractivity (Wildman–Crippen MR) is 50.7 cm³/mol. The highest BCUT2D eigenvalue weighted by Gasteiger charge is 2.30. The van der Waals surface area contributed by atoms with E-state index in [4.69, 9.17) is 4.74 Å².